The Balaban J connectivity index is 1.13. The lowest BCUT2D eigenvalue weighted by molar-refractivity contribution is -0.144. The molecule has 3 heterocycles. The van der Waals surface area contributed by atoms with Gasteiger partial charge in [-0.25, -0.2) is 0 Å². The molecule has 0 radical (unpaired) electrons. The van der Waals surface area contributed by atoms with Crippen LogP contribution < -0.4 is 16.0 Å². The van der Waals surface area contributed by atoms with Gasteiger partial charge in [0.1, 0.15) is 0 Å². The van der Waals surface area contributed by atoms with Gasteiger partial charge in [0.15, 0.2) is 0 Å². The lowest BCUT2D eigenvalue weighted by Crippen LogP contribution is -2.36. The van der Waals surface area contributed by atoms with Gasteiger partial charge in [0, 0.05) is 23.7 Å². The monoisotopic (exact) mass is 798 g/mol. The molecule has 0 bridgehead atoms. The summed E-state index contributed by atoms with van der Waals surface area (Å²) in [6.07, 6.45) is 4.75. The van der Waals surface area contributed by atoms with Gasteiger partial charge in [0.2, 0.25) is 5.91 Å². The molecule has 0 unspecified atom stereocenters. The van der Waals surface area contributed by atoms with Crippen LogP contribution in [0, 0.1) is 35.5 Å². The molecule has 3 aromatic carbocycles. The number of carboxylic acid groups (broad SMARTS) is 3. The van der Waals surface area contributed by atoms with Gasteiger partial charge in [-0.2, -0.15) is 0 Å². The van der Waals surface area contributed by atoms with Crippen molar-refractivity contribution in [3.63, 3.8) is 0 Å². The maximum Gasteiger partial charge on any atom is 0.307 e. The van der Waals surface area contributed by atoms with E-state index in [0.717, 1.165) is 84.7 Å². The Morgan fingerprint density at radius 1 is 0.596 bits per heavy atom. The van der Waals surface area contributed by atoms with Crippen molar-refractivity contribution in [2.24, 2.45) is 35.5 Å². The maximum absolute atomic E-state index is 14.1. The Hall–Kier alpha value is -4.23. The van der Waals surface area contributed by atoms with E-state index < -0.39 is 35.7 Å². The predicted molar refractivity (Wildman–Crippen MR) is 221 cm³/mol. The van der Waals surface area contributed by atoms with Crippen LogP contribution in [0.15, 0.2) is 77.7 Å². The molecule has 3 aromatic rings. The van der Waals surface area contributed by atoms with Crippen LogP contribution in [0.25, 0.3) is 0 Å². The van der Waals surface area contributed by atoms with Crippen LogP contribution in [0.1, 0.15) is 47.1 Å². The fraction of sp³-hybridized carbons (Fsp3) is 0.511. The molecule has 11 nitrogen and oxygen atoms in total. The summed E-state index contributed by atoms with van der Waals surface area (Å²) in [5.74, 6) is -2.73. The first-order valence-electron chi connectivity index (χ1n) is 20.6. The largest absolute Gasteiger partial charge is 0.481 e. The Labute approximate surface area is 340 Å². The minimum atomic E-state index is -0.787. The summed E-state index contributed by atoms with van der Waals surface area (Å²) in [5, 5.41) is 39.9. The molecular weight excluding hydrogens is 741 g/mol. The van der Waals surface area contributed by atoms with Crippen molar-refractivity contribution in [1.29, 1.82) is 0 Å². The second-order valence-electron chi connectivity index (χ2n) is 16.1. The summed E-state index contributed by atoms with van der Waals surface area (Å²) in [6, 6.07) is 23.9. The normalized spacial score (nSPS) is 20.9. The van der Waals surface area contributed by atoms with Crippen molar-refractivity contribution in [2.45, 2.75) is 56.3 Å². The van der Waals surface area contributed by atoms with Gasteiger partial charge >= 0.3 is 17.9 Å². The summed E-state index contributed by atoms with van der Waals surface area (Å²) < 4.78 is 0. The first-order valence-corrected chi connectivity index (χ1v) is 21.6. The second-order valence-corrected chi connectivity index (χ2v) is 17.3. The molecule has 6 N–H and O–H groups in total. The van der Waals surface area contributed by atoms with E-state index in [9.17, 15) is 34.5 Å². The van der Waals surface area contributed by atoms with Crippen LogP contribution in [0.3, 0.4) is 0 Å². The number of thioether (sulfide) groups is 1. The molecule has 6 rings (SSSR count). The highest BCUT2D eigenvalue weighted by atomic mass is 32.2. The van der Waals surface area contributed by atoms with E-state index in [1.165, 1.54) is 0 Å². The number of nitrogens with one attached hydrogen (secondary N) is 3. The summed E-state index contributed by atoms with van der Waals surface area (Å²) in [4.78, 5) is 53.6. The van der Waals surface area contributed by atoms with E-state index in [1.807, 2.05) is 65.6 Å². The van der Waals surface area contributed by atoms with Gasteiger partial charge < -0.3 is 36.2 Å². The number of nitrogens with zero attached hydrogens (tertiary/aromatic N) is 1. The molecule has 57 heavy (non-hydrogen) atoms. The Morgan fingerprint density at radius 2 is 1.04 bits per heavy atom. The van der Waals surface area contributed by atoms with Crippen LogP contribution >= 0.6 is 11.8 Å². The SMILES string of the molecule is O=C(O)[C@@H](Cc1cccc(CCN(CCSc2cccc(C[C@H](C(=O)O)[C@H]3CCNC3)c2)C(=O)Cc2cccc(C[C@H](C(=O)O)[C@H]3CCNC3)c2)c1)[C@H]1CCNC1. The van der Waals surface area contributed by atoms with Crippen LogP contribution in [0.5, 0.6) is 0 Å². The lowest BCUT2D eigenvalue weighted by Gasteiger charge is -2.24. The Kier molecular flexibility index (Phi) is 15.6. The zero-order chi connectivity index (χ0) is 40.1. The van der Waals surface area contributed by atoms with Gasteiger partial charge in [0.25, 0.3) is 0 Å². The summed E-state index contributed by atoms with van der Waals surface area (Å²) >= 11 is 1.65. The van der Waals surface area contributed by atoms with Crippen molar-refractivity contribution in [1.82, 2.24) is 20.9 Å². The van der Waals surface area contributed by atoms with Crippen molar-refractivity contribution in [2.75, 3.05) is 58.1 Å². The fourth-order valence-corrected chi connectivity index (χ4v) is 9.87. The molecule has 3 saturated heterocycles. The number of carboxylic acids is 3. The third-order valence-electron chi connectivity index (χ3n) is 12.2. The molecule has 0 saturated carbocycles. The van der Waals surface area contributed by atoms with Crippen LogP contribution in [-0.4, -0.2) is 102 Å². The highest BCUT2D eigenvalue weighted by Crippen LogP contribution is 2.28. The number of hydrogen-bond acceptors (Lipinski definition) is 8. The third kappa shape index (κ3) is 12.4. The van der Waals surface area contributed by atoms with E-state index in [2.05, 4.69) is 28.1 Å². The number of hydrogen-bond donors (Lipinski definition) is 6. The van der Waals surface area contributed by atoms with Gasteiger partial charge in [-0.15, -0.1) is 11.8 Å². The zero-order valence-electron chi connectivity index (χ0n) is 32.7. The molecule has 0 aromatic heterocycles. The lowest BCUT2D eigenvalue weighted by atomic mass is 9.86. The predicted octanol–water partition coefficient (Wildman–Crippen LogP) is 4.65. The highest BCUT2D eigenvalue weighted by Gasteiger charge is 2.33. The number of benzene rings is 3. The Morgan fingerprint density at radius 3 is 1.51 bits per heavy atom. The van der Waals surface area contributed by atoms with Crippen molar-refractivity contribution in [3.8, 4) is 0 Å². The average molecular weight is 799 g/mol. The topological polar surface area (TPSA) is 168 Å². The van der Waals surface area contributed by atoms with Crippen LogP contribution in [0.2, 0.25) is 0 Å². The van der Waals surface area contributed by atoms with E-state index in [1.54, 1.807) is 11.8 Å². The minimum Gasteiger partial charge on any atom is -0.481 e. The molecular formula is C45H58N4O7S. The summed E-state index contributed by atoms with van der Waals surface area (Å²) in [7, 11) is 0. The smallest absolute Gasteiger partial charge is 0.307 e. The number of carbonyl (C=O) groups excluding carboxylic acids is 1. The summed E-state index contributed by atoms with van der Waals surface area (Å²) in [5.41, 5.74) is 4.80. The standard InChI is InChI=1S/C45H58N4O7S/c50-42(26-33-7-2-6-32(21-33)24-40(44(53)54)36-11-15-47-28-36)49(17-13-30-4-1-5-31(20-30)23-39(43(51)52)35-10-14-46-27-35)18-19-57-38-9-3-8-34(22-38)25-41(45(55)56)37-12-16-48-29-37/h1-9,20-22,35-37,39-41,46-48H,10-19,23-29H2,(H,51,52)(H,53,54)(H,55,56)/t35-,36-,37-,39-,40-,41-/m0/s1. The number of carbonyl (C=O) groups is 4. The van der Waals surface area contributed by atoms with Crippen molar-refractivity contribution >= 4 is 35.6 Å². The number of amides is 1. The summed E-state index contributed by atoms with van der Waals surface area (Å²) in [6.45, 7) is 5.67. The zero-order valence-corrected chi connectivity index (χ0v) is 33.6. The van der Waals surface area contributed by atoms with Gasteiger partial charge in [0.05, 0.1) is 24.2 Å². The minimum absolute atomic E-state index is 0.0124. The van der Waals surface area contributed by atoms with Crippen molar-refractivity contribution in [3.05, 3.63) is 101 Å². The molecule has 6 atom stereocenters. The molecule has 0 aliphatic carbocycles. The quantitative estimate of drug-likeness (QED) is 0.0831. The van der Waals surface area contributed by atoms with Gasteiger partial charge in [-0.3, -0.25) is 19.2 Å². The third-order valence-corrected chi connectivity index (χ3v) is 13.2. The molecule has 1 amide bonds. The molecule has 0 spiro atoms. The fourth-order valence-electron chi connectivity index (χ4n) is 8.92. The van der Waals surface area contributed by atoms with Gasteiger partial charge in [-0.1, -0.05) is 60.7 Å². The molecule has 12 heteroatoms. The van der Waals surface area contributed by atoms with Crippen LogP contribution in [-0.2, 0) is 51.3 Å². The Bertz CT molecular complexity index is 1820. The molecule has 3 aliphatic heterocycles. The van der Waals surface area contributed by atoms with Crippen LogP contribution in [0.4, 0.5) is 0 Å². The van der Waals surface area contributed by atoms with Gasteiger partial charge in [-0.05, 0) is 142 Å². The first-order chi connectivity index (χ1) is 27.6. The molecule has 3 fully saturated rings. The number of aliphatic carboxylic acids is 3. The van der Waals surface area contributed by atoms with E-state index in [0.29, 0.717) is 51.1 Å². The highest BCUT2D eigenvalue weighted by molar-refractivity contribution is 7.99. The molecule has 306 valence electrons. The maximum atomic E-state index is 14.1. The first kappa shape index (κ1) is 42.4. The number of rotatable bonds is 21. The van der Waals surface area contributed by atoms with E-state index in [-0.39, 0.29) is 30.1 Å². The average Bonchev–Trinajstić information content (AvgIpc) is 4.02. The second kappa shape index (κ2) is 21.0. The van der Waals surface area contributed by atoms with Crippen molar-refractivity contribution < 1.29 is 34.5 Å². The van der Waals surface area contributed by atoms with E-state index >= 15 is 0 Å². The molecule has 3 aliphatic rings. The van der Waals surface area contributed by atoms with E-state index in [4.69, 9.17) is 0 Å².